The van der Waals surface area contributed by atoms with Gasteiger partial charge in [0, 0.05) is 12.0 Å². The summed E-state index contributed by atoms with van der Waals surface area (Å²) < 4.78 is 1.97. The SMILES string of the molecule is CCCCc1nc2nncc-2c2nc(-c3ccc(C)cc3)[nH]n12. The Morgan fingerprint density at radius 1 is 1.13 bits per heavy atom. The Hall–Kier alpha value is -2.76. The van der Waals surface area contributed by atoms with Crippen LogP contribution in [-0.4, -0.2) is 29.8 Å². The maximum atomic E-state index is 4.77. The van der Waals surface area contributed by atoms with Crippen molar-refractivity contribution in [1.29, 1.82) is 0 Å². The van der Waals surface area contributed by atoms with E-state index in [-0.39, 0.29) is 0 Å². The fourth-order valence-corrected chi connectivity index (χ4v) is 2.72. The van der Waals surface area contributed by atoms with Crippen molar-refractivity contribution in [3.63, 3.8) is 0 Å². The molecule has 0 atom stereocenters. The van der Waals surface area contributed by atoms with E-state index in [4.69, 9.17) is 4.98 Å². The molecule has 0 spiro atoms. The third-order valence-corrected chi connectivity index (χ3v) is 4.04. The normalized spacial score (nSPS) is 11.6. The van der Waals surface area contributed by atoms with Crippen LogP contribution in [0, 0.1) is 6.92 Å². The van der Waals surface area contributed by atoms with Gasteiger partial charge in [-0.15, -0.1) is 5.10 Å². The standard InChI is InChI=1S/C17H18N6/c1-3-4-5-14-19-16-13(10-18-21-16)17-20-15(22-23(14)17)12-8-6-11(2)7-9-12/h6-10H,3-5H2,1-2H3,(H,20,22). The largest absolute Gasteiger partial charge is 0.274 e. The molecule has 0 amide bonds. The highest BCUT2D eigenvalue weighted by molar-refractivity contribution is 5.74. The Labute approximate surface area is 133 Å². The van der Waals surface area contributed by atoms with Crippen LogP contribution in [0.25, 0.3) is 28.4 Å². The number of H-pyrrole nitrogens is 1. The highest BCUT2D eigenvalue weighted by Gasteiger charge is 2.19. The number of benzene rings is 1. The molecule has 6 heteroatoms. The van der Waals surface area contributed by atoms with Gasteiger partial charge in [-0.05, 0) is 13.3 Å². The van der Waals surface area contributed by atoms with Crippen molar-refractivity contribution in [2.45, 2.75) is 33.1 Å². The van der Waals surface area contributed by atoms with Crippen LogP contribution in [0.3, 0.4) is 0 Å². The van der Waals surface area contributed by atoms with Gasteiger partial charge in [0.2, 0.25) is 0 Å². The minimum Gasteiger partial charge on any atom is -0.274 e. The minimum atomic E-state index is 0.665. The third-order valence-electron chi connectivity index (χ3n) is 4.04. The summed E-state index contributed by atoms with van der Waals surface area (Å²) >= 11 is 0. The molecule has 6 nitrogen and oxygen atoms in total. The average molecular weight is 306 g/mol. The van der Waals surface area contributed by atoms with Gasteiger partial charge >= 0.3 is 0 Å². The van der Waals surface area contributed by atoms with E-state index >= 15 is 0 Å². The molecular weight excluding hydrogens is 288 g/mol. The lowest BCUT2D eigenvalue weighted by Crippen LogP contribution is -2.05. The number of rotatable bonds is 4. The highest BCUT2D eigenvalue weighted by Crippen LogP contribution is 2.25. The summed E-state index contributed by atoms with van der Waals surface area (Å²) in [6, 6.07) is 8.33. The van der Waals surface area contributed by atoms with Gasteiger partial charge in [0.1, 0.15) is 5.82 Å². The lowest BCUT2D eigenvalue weighted by molar-refractivity contribution is 0.713. The van der Waals surface area contributed by atoms with Crippen LogP contribution in [0.2, 0.25) is 0 Å². The number of aryl methyl sites for hydroxylation is 2. The topological polar surface area (TPSA) is 71.8 Å². The molecule has 0 fully saturated rings. The van der Waals surface area contributed by atoms with Gasteiger partial charge in [-0.2, -0.15) is 5.10 Å². The van der Waals surface area contributed by atoms with Crippen LogP contribution in [0.15, 0.2) is 30.5 Å². The van der Waals surface area contributed by atoms with Crippen LogP contribution in [0.4, 0.5) is 0 Å². The van der Waals surface area contributed by atoms with Crippen molar-refractivity contribution in [2.24, 2.45) is 0 Å². The zero-order valence-corrected chi connectivity index (χ0v) is 13.2. The second-order valence-corrected chi connectivity index (χ2v) is 5.81. The first-order valence-electron chi connectivity index (χ1n) is 7.92. The molecule has 0 saturated carbocycles. The number of nitrogens with zero attached hydrogens (tertiary/aromatic N) is 5. The van der Waals surface area contributed by atoms with Crippen LogP contribution in [-0.2, 0) is 6.42 Å². The Morgan fingerprint density at radius 3 is 2.74 bits per heavy atom. The van der Waals surface area contributed by atoms with Gasteiger partial charge in [0.15, 0.2) is 17.3 Å². The van der Waals surface area contributed by atoms with E-state index in [9.17, 15) is 0 Å². The van der Waals surface area contributed by atoms with Gasteiger partial charge in [-0.1, -0.05) is 43.2 Å². The van der Waals surface area contributed by atoms with E-state index < -0.39 is 0 Å². The number of unbranched alkanes of at least 4 members (excludes halogenated alkanes) is 1. The molecule has 4 rings (SSSR count). The summed E-state index contributed by atoms with van der Waals surface area (Å²) in [5.41, 5.74) is 4.00. The Morgan fingerprint density at radius 2 is 1.96 bits per heavy atom. The predicted octanol–water partition coefficient (Wildman–Crippen LogP) is 3.27. The Kier molecular flexibility index (Phi) is 3.29. The summed E-state index contributed by atoms with van der Waals surface area (Å²) in [6.07, 6.45) is 4.80. The molecule has 1 N–H and O–H groups in total. The molecule has 0 aliphatic carbocycles. The van der Waals surface area contributed by atoms with E-state index in [1.54, 1.807) is 6.20 Å². The van der Waals surface area contributed by atoms with Gasteiger partial charge in [0.25, 0.3) is 0 Å². The van der Waals surface area contributed by atoms with Crippen molar-refractivity contribution in [3.8, 4) is 22.8 Å². The first-order valence-corrected chi connectivity index (χ1v) is 7.92. The van der Waals surface area contributed by atoms with E-state index in [1.165, 1.54) is 5.56 Å². The first-order chi connectivity index (χ1) is 11.3. The molecule has 2 aliphatic rings. The maximum absolute atomic E-state index is 4.77. The highest BCUT2D eigenvalue weighted by atomic mass is 15.3. The summed E-state index contributed by atoms with van der Waals surface area (Å²) in [7, 11) is 0. The number of aromatic amines is 1. The summed E-state index contributed by atoms with van der Waals surface area (Å²) in [5.74, 6) is 2.44. The molecule has 0 saturated heterocycles. The van der Waals surface area contributed by atoms with Gasteiger partial charge < -0.3 is 0 Å². The van der Waals surface area contributed by atoms with E-state index in [0.29, 0.717) is 5.82 Å². The molecule has 2 aromatic rings. The lowest BCUT2D eigenvalue weighted by atomic mass is 10.1. The van der Waals surface area contributed by atoms with Crippen molar-refractivity contribution >= 4 is 5.65 Å². The first kappa shape index (κ1) is 13.9. The lowest BCUT2D eigenvalue weighted by Gasteiger charge is -2.05. The van der Waals surface area contributed by atoms with Crippen molar-refractivity contribution < 1.29 is 0 Å². The molecule has 23 heavy (non-hydrogen) atoms. The number of hydrogen-bond donors (Lipinski definition) is 1. The minimum absolute atomic E-state index is 0.665. The average Bonchev–Trinajstić information content (AvgIpc) is 3.19. The van der Waals surface area contributed by atoms with Gasteiger partial charge in [0.05, 0.1) is 11.8 Å². The maximum Gasteiger partial charge on any atom is 0.188 e. The monoisotopic (exact) mass is 306 g/mol. The Bertz CT molecular complexity index is 918. The van der Waals surface area contributed by atoms with Crippen molar-refractivity contribution in [1.82, 2.24) is 29.8 Å². The summed E-state index contributed by atoms with van der Waals surface area (Å²) in [5, 5.41) is 11.5. The molecule has 0 bridgehead atoms. The molecule has 1 aromatic carbocycles. The number of nitrogens with one attached hydrogen (secondary N) is 1. The zero-order chi connectivity index (χ0) is 15.8. The number of hydrogen-bond acceptors (Lipinski definition) is 4. The molecule has 1 aromatic heterocycles. The number of fused-ring (bicyclic) bond motifs is 3. The fraction of sp³-hybridized carbons (Fsp3) is 0.294. The molecule has 0 unspecified atom stereocenters. The summed E-state index contributed by atoms with van der Waals surface area (Å²) in [4.78, 5) is 9.41. The van der Waals surface area contributed by atoms with Crippen LogP contribution in [0.5, 0.6) is 0 Å². The van der Waals surface area contributed by atoms with Crippen LogP contribution < -0.4 is 0 Å². The Balaban J connectivity index is 1.91. The van der Waals surface area contributed by atoms with Crippen molar-refractivity contribution in [2.75, 3.05) is 0 Å². The molecule has 0 radical (unpaired) electrons. The zero-order valence-electron chi connectivity index (χ0n) is 13.2. The summed E-state index contributed by atoms with van der Waals surface area (Å²) in [6.45, 7) is 4.25. The fourth-order valence-electron chi connectivity index (χ4n) is 2.72. The third kappa shape index (κ3) is 2.36. The molecule has 2 aliphatic heterocycles. The second-order valence-electron chi connectivity index (χ2n) is 5.81. The van der Waals surface area contributed by atoms with Crippen LogP contribution in [0.1, 0.15) is 31.2 Å². The quantitative estimate of drug-likeness (QED) is 0.628. The molecule has 116 valence electrons. The van der Waals surface area contributed by atoms with Crippen LogP contribution >= 0.6 is 0 Å². The number of aromatic nitrogens is 6. The van der Waals surface area contributed by atoms with E-state index in [1.807, 2.05) is 4.52 Å². The van der Waals surface area contributed by atoms with E-state index in [0.717, 1.165) is 47.7 Å². The molecular formula is C17H18N6. The van der Waals surface area contributed by atoms with Gasteiger partial charge in [-0.25, -0.2) is 14.5 Å². The van der Waals surface area contributed by atoms with E-state index in [2.05, 4.69) is 58.4 Å². The second kappa shape index (κ2) is 5.46. The smallest absolute Gasteiger partial charge is 0.188 e. The van der Waals surface area contributed by atoms with Gasteiger partial charge in [-0.3, -0.25) is 5.10 Å². The van der Waals surface area contributed by atoms with Crippen molar-refractivity contribution in [3.05, 3.63) is 41.9 Å². The molecule has 3 heterocycles. The predicted molar refractivity (Wildman–Crippen MR) is 88.3 cm³/mol.